The smallest absolute Gasteiger partial charge is 0.338 e. The van der Waals surface area contributed by atoms with Crippen molar-refractivity contribution in [1.82, 2.24) is 13.9 Å². The van der Waals surface area contributed by atoms with Crippen LogP contribution in [-0.2, 0) is 32.6 Å². The van der Waals surface area contributed by atoms with Crippen LogP contribution in [0.25, 0.3) is 11.0 Å². The summed E-state index contributed by atoms with van der Waals surface area (Å²) < 4.78 is 53.8. The summed E-state index contributed by atoms with van der Waals surface area (Å²) in [5.74, 6) is -0.634. The maximum Gasteiger partial charge on any atom is 0.338 e. The fourth-order valence-corrected chi connectivity index (χ4v) is 5.20. The Kier molecular flexibility index (Phi) is 6.78. The van der Waals surface area contributed by atoms with E-state index >= 15 is 0 Å². The van der Waals surface area contributed by atoms with Crippen LogP contribution in [0.5, 0.6) is 0 Å². The van der Waals surface area contributed by atoms with Gasteiger partial charge in [-0.1, -0.05) is 13.0 Å². The quantitative estimate of drug-likeness (QED) is 0.487. The van der Waals surface area contributed by atoms with Gasteiger partial charge in [0.05, 0.1) is 34.7 Å². The molecule has 0 saturated carbocycles. The molecule has 1 aliphatic heterocycles. The summed E-state index contributed by atoms with van der Waals surface area (Å²) in [5, 5.41) is 0. The first-order valence-electron chi connectivity index (χ1n) is 10.8. The molecule has 0 N–H and O–H groups in total. The van der Waals surface area contributed by atoms with Crippen molar-refractivity contribution in [2.24, 2.45) is 0 Å². The number of carbonyl (C=O) groups is 1. The Morgan fingerprint density at radius 2 is 1.94 bits per heavy atom. The molecule has 176 valence electrons. The molecule has 4 rings (SSSR count). The lowest BCUT2D eigenvalue weighted by molar-refractivity contribution is 0.0458. The predicted molar refractivity (Wildman–Crippen MR) is 120 cm³/mol. The van der Waals surface area contributed by atoms with Gasteiger partial charge in [-0.05, 0) is 49.2 Å². The Labute approximate surface area is 192 Å². The maximum absolute atomic E-state index is 13.8. The highest BCUT2D eigenvalue weighted by atomic mass is 32.2. The number of morpholine rings is 1. The predicted octanol–water partition coefficient (Wildman–Crippen LogP) is 3.27. The Morgan fingerprint density at radius 3 is 2.64 bits per heavy atom. The summed E-state index contributed by atoms with van der Waals surface area (Å²) in [6, 6.07) is 9.04. The highest BCUT2D eigenvalue weighted by molar-refractivity contribution is 7.89. The summed E-state index contributed by atoms with van der Waals surface area (Å²) in [4.78, 5) is 17.1. The van der Waals surface area contributed by atoms with Crippen molar-refractivity contribution in [3.05, 3.63) is 59.2 Å². The van der Waals surface area contributed by atoms with Gasteiger partial charge in [0.15, 0.2) is 0 Å². The third-order valence-corrected chi connectivity index (χ3v) is 7.49. The zero-order chi connectivity index (χ0) is 23.6. The number of imidazole rings is 1. The van der Waals surface area contributed by atoms with Crippen molar-refractivity contribution in [3.8, 4) is 0 Å². The Bertz CT molecular complexity index is 1280. The van der Waals surface area contributed by atoms with E-state index in [-0.39, 0.29) is 17.1 Å². The van der Waals surface area contributed by atoms with Gasteiger partial charge >= 0.3 is 5.97 Å². The zero-order valence-corrected chi connectivity index (χ0v) is 19.4. The average Bonchev–Trinajstić information content (AvgIpc) is 3.16. The first kappa shape index (κ1) is 23.3. The van der Waals surface area contributed by atoms with E-state index < -0.39 is 21.8 Å². The molecule has 0 spiro atoms. The molecule has 1 saturated heterocycles. The van der Waals surface area contributed by atoms with Crippen LogP contribution in [0.15, 0.2) is 41.3 Å². The van der Waals surface area contributed by atoms with Crippen LogP contribution in [0.4, 0.5) is 4.39 Å². The molecule has 0 amide bonds. The molecule has 0 bridgehead atoms. The molecule has 1 aliphatic rings. The van der Waals surface area contributed by atoms with E-state index in [0.29, 0.717) is 49.8 Å². The van der Waals surface area contributed by atoms with Crippen LogP contribution < -0.4 is 0 Å². The van der Waals surface area contributed by atoms with Crippen molar-refractivity contribution >= 4 is 27.0 Å². The zero-order valence-electron chi connectivity index (χ0n) is 18.6. The van der Waals surface area contributed by atoms with Gasteiger partial charge < -0.3 is 14.0 Å². The summed E-state index contributed by atoms with van der Waals surface area (Å²) in [6.07, 6.45) is 0.809. The van der Waals surface area contributed by atoms with Gasteiger partial charge in [0.25, 0.3) is 0 Å². The van der Waals surface area contributed by atoms with Crippen LogP contribution in [0.3, 0.4) is 0 Å². The van der Waals surface area contributed by atoms with Gasteiger partial charge in [-0.25, -0.2) is 22.6 Å². The number of rotatable bonds is 7. The first-order valence-corrected chi connectivity index (χ1v) is 12.3. The minimum absolute atomic E-state index is 0.117. The molecule has 8 nitrogen and oxygen atoms in total. The second-order valence-corrected chi connectivity index (χ2v) is 9.82. The minimum Gasteiger partial charge on any atom is -0.454 e. The Hall–Kier alpha value is -2.82. The van der Waals surface area contributed by atoms with Gasteiger partial charge in [0.1, 0.15) is 18.2 Å². The molecule has 0 atom stereocenters. The topological polar surface area (TPSA) is 90.7 Å². The first-order chi connectivity index (χ1) is 15.8. The van der Waals surface area contributed by atoms with Gasteiger partial charge in [-0.2, -0.15) is 4.31 Å². The molecule has 33 heavy (non-hydrogen) atoms. The molecular weight excluding hydrogens is 449 g/mol. The number of halogens is 1. The lowest BCUT2D eigenvalue weighted by Crippen LogP contribution is -2.40. The second kappa shape index (κ2) is 9.58. The summed E-state index contributed by atoms with van der Waals surface area (Å²) in [7, 11) is -3.66. The summed E-state index contributed by atoms with van der Waals surface area (Å²) in [6.45, 7) is 5.49. The second-order valence-electron chi connectivity index (χ2n) is 7.89. The lowest BCUT2D eigenvalue weighted by Gasteiger charge is -2.26. The third-order valence-electron chi connectivity index (χ3n) is 5.59. The molecule has 1 aromatic heterocycles. The van der Waals surface area contributed by atoms with E-state index in [0.717, 1.165) is 18.0 Å². The number of esters is 1. The van der Waals surface area contributed by atoms with E-state index in [9.17, 15) is 17.6 Å². The van der Waals surface area contributed by atoms with E-state index in [2.05, 4.69) is 4.98 Å². The SMILES string of the molecule is CCCn1c(COC(=O)c2ccc(C)c(F)c2)nc2cc(S(=O)(=O)N3CCOCC3)ccc21. The summed E-state index contributed by atoms with van der Waals surface area (Å²) in [5.41, 5.74) is 1.82. The number of benzene rings is 2. The van der Waals surface area contributed by atoms with E-state index in [1.54, 1.807) is 25.1 Å². The molecule has 0 aliphatic carbocycles. The van der Waals surface area contributed by atoms with Crippen molar-refractivity contribution in [3.63, 3.8) is 0 Å². The Morgan fingerprint density at radius 1 is 1.18 bits per heavy atom. The van der Waals surface area contributed by atoms with Crippen molar-refractivity contribution in [1.29, 1.82) is 0 Å². The van der Waals surface area contributed by atoms with Crippen molar-refractivity contribution < 1.29 is 27.1 Å². The van der Waals surface area contributed by atoms with Crippen LogP contribution >= 0.6 is 0 Å². The molecule has 2 aromatic carbocycles. The molecule has 10 heteroatoms. The number of aromatic nitrogens is 2. The number of nitrogens with zero attached hydrogens (tertiary/aromatic N) is 3. The standard InChI is InChI=1S/C23H26FN3O5S/c1-3-8-27-21-7-6-18(33(29,30)26-9-11-31-12-10-26)14-20(21)25-22(27)15-32-23(28)17-5-4-16(2)19(24)13-17/h4-7,13-14H,3,8-12,15H2,1-2H3. The molecule has 0 radical (unpaired) electrons. The van der Waals surface area contributed by atoms with Gasteiger partial charge in [-0.15, -0.1) is 0 Å². The fraction of sp³-hybridized carbons (Fsp3) is 0.391. The molecule has 3 aromatic rings. The number of hydrogen-bond donors (Lipinski definition) is 0. The normalized spacial score (nSPS) is 15.1. The van der Waals surface area contributed by atoms with Crippen LogP contribution in [0.2, 0.25) is 0 Å². The van der Waals surface area contributed by atoms with E-state index in [4.69, 9.17) is 9.47 Å². The Balaban J connectivity index is 1.60. The van der Waals surface area contributed by atoms with Crippen LogP contribution in [0.1, 0.15) is 35.1 Å². The lowest BCUT2D eigenvalue weighted by atomic mass is 10.1. The number of fused-ring (bicyclic) bond motifs is 1. The van der Waals surface area contributed by atoms with Gasteiger partial charge in [0.2, 0.25) is 10.0 Å². The average molecular weight is 476 g/mol. The number of ether oxygens (including phenoxy) is 2. The number of hydrogen-bond acceptors (Lipinski definition) is 6. The summed E-state index contributed by atoms with van der Waals surface area (Å²) >= 11 is 0. The number of sulfonamides is 1. The van der Waals surface area contributed by atoms with Crippen molar-refractivity contribution in [2.75, 3.05) is 26.3 Å². The maximum atomic E-state index is 13.8. The minimum atomic E-state index is -3.66. The highest BCUT2D eigenvalue weighted by Crippen LogP contribution is 2.24. The number of aryl methyl sites for hydroxylation is 2. The molecule has 1 fully saturated rings. The van der Waals surface area contributed by atoms with E-state index in [1.807, 2.05) is 11.5 Å². The monoisotopic (exact) mass is 475 g/mol. The van der Waals surface area contributed by atoms with Gasteiger partial charge in [0, 0.05) is 19.6 Å². The van der Waals surface area contributed by atoms with Crippen LogP contribution in [0, 0.1) is 12.7 Å². The fourth-order valence-electron chi connectivity index (χ4n) is 3.77. The molecule has 2 heterocycles. The highest BCUT2D eigenvalue weighted by Gasteiger charge is 2.27. The number of carbonyl (C=O) groups excluding carboxylic acids is 1. The van der Waals surface area contributed by atoms with Gasteiger partial charge in [-0.3, -0.25) is 0 Å². The van der Waals surface area contributed by atoms with Crippen LogP contribution in [-0.4, -0.2) is 54.5 Å². The van der Waals surface area contributed by atoms with E-state index in [1.165, 1.54) is 16.4 Å². The van der Waals surface area contributed by atoms with Crippen molar-refractivity contribution in [2.45, 2.75) is 38.3 Å². The largest absolute Gasteiger partial charge is 0.454 e. The third kappa shape index (κ3) is 4.78. The molecular formula is C23H26FN3O5S. The molecule has 0 unspecified atom stereocenters.